The maximum Gasteiger partial charge on any atom is 0.254 e. The second kappa shape index (κ2) is 6.76. The molecule has 2 aliphatic rings. The van der Waals surface area contributed by atoms with Gasteiger partial charge in [-0.25, -0.2) is 0 Å². The second-order valence-electron chi connectivity index (χ2n) is 6.63. The standard InChI is InChI=1S/C20H22N2O3/c1-15-3-2-4-16(11-15)13-21-7-9-22(10-8-21)20(23)17-5-6-18-19(12-17)25-14-24-18/h2-6,11-12H,7-10,13-14H2,1H3. The molecule has 1 amide bonds. The number of amides is 1. The highest BCUT2D eigenvalue weighted by Gasteiger charge is 2.24. The van der Waals surface area contributed by atoms with Gasteiger partial charge in [-0.2, -0.15) is 0 Å². The van der Waals surface area contributed by atoms with Crippen molar-refractivity contribution in [2.45, 2.75) is 13.5 Å². The fourth-order valence-electron chi connectivity index (χ4n) is 3.39. The number of hydrogen-bond donors (Lipinski definition) is 0. The first-order chi connectivity index (χ1) is 12.2. The molecule has 2 aromatic rings. The Kier molecular flexibility index (Phi) is 4.32. The number of carbonyl (C=O) groups excluding carboxylic acids is 1. The van der Waals surface area contributed by atoms with E-state index >= 15 is 0 Å². The number of rotatable bonds is 3. The van der Waals surface area contributed by atoms with Crippen LogP contribution in [-0.2, 0) is 6.54 Å². The smallest absolute Gasteiger partial charge is 0.254 e. The van der Waals surface area contributed by atoms with E-state index in [0.29, 0.717) is 17.1 Å². The van der Waals surface area contributed by atoms with Crippen LogP contribution in [0.1, 0.15) is 21.5 Å². The Morgan fingerprint density at radius 1 is 1.00 bits per heavy atom. The van der Waals surface area contributed by atoms with Gasteiger partial charge in [-0.3, -0.25) is 9.69 Å². The molecule has 1 fully saturated rings. The van der Waals surface area contributed by atoms with E-state index < -0.39 is 0 Å². The predicted octanol–water partition coefficient (Wildman–Crippen LogP) is 2.68. The van der Waals surface area contributed by atoms with Gasteiger partial charge in [0.2, 0.25) is 6.79 Å². The maximum absolute atomic E-state index is 12.7. The molecule has 2 heterocycles. The summed E-state index contributed by atoms with van der Waals surface area (Å²) in [7, 11) is 0. The molecule has 2 aromatic carbocycles. The van der Waals surface area contributed by atoms with Crippen molar-refractivity contribution >= 4 is 5.91 Å². The Morgan fingerprint density at radius 3 is 2.60 bits per heavy atom. The van der Waals surface area contributed by atoms with Crippen LogP contribution in [-0.4, -0.2) is 48.7 Å². The monoisotopic (exact) mass is 338 g/mol. The third kappa shape index (κ3) is 3.46. The molecule has 0 bridgehead atoms. The molecule has 0 saturated carbocycles. The highest BCUT2D eigenvalue weighted by Crippen LogP contribution is 2.32. The first-order valence-corrected chi connectivity index (χ1v) is 8.66. The zero-order valence-electron chi connectivity index (χ0n) is 14.4. The van der Waals surface area contributed by atoms with Crippen molar-refractivity contribution in [3.63, 3.8) is 0 Å². The first-order valence-electron chi connectivity index (χ1n) is 8.66. The summed E-state index contributed by atoms with van der Waals surface area (Å²) in [6, 6.07) is 14.0. The van der Waals surface area contributed by atoms with Gasteiger partial charge in [0.15, 0.2) is 11.5 Å². The van der Waals surface area contributed by atoms with Crippen molar-refractivity contribution in [2.24, 2.45) is 0 Å². The highest BCUT2D eigenvalue weighted by atomic mass is 16.7. The van der Waals surface area contributed by atoms with Gasteiger partial charge < -0.3 is 14.4 Å². The Bertz CT molecular complexity index is 782. The zero-order valence-corrected chi connectivity index (χ0v) is 14.4. The van der Waals surface area contributed by atoms with Crippen molar-refractivity contribution in [2.75, 3.05) is 33.0 Å². The maximum atomic E-state index is 12.7. The zero-order chi connectivity index (χ0) is 17.2. The number of fused-ring (bicyclic) bond motifs is 1. The molecule has 0 aliphatic carbocycles. The normalized spacial score (nSPS) is 16.9. The molecule has 0 atom stereocenters. The van der Waals surface area contributed by atoms with Crippen molar-refractivity contribution in [3.8, 4) is 11.5 Å². The number of aryl methyl sites for hydroxylation is 1. The fraction of sp³-hybridized carbons (Fsp3) is 0.350. The minimum Gasteiger partial charge on any atom is -0.454 e. The lowest BCUT2D eigenvalue weighted by Crippen LogP contribution is -2.48. The Balaban J connectivity index is 1.36. The molecule has 5 heteroatoms. The van der Waals surface area contributed by atoms with Gasteiger partial charge in [0, 0.05) is 38.3 Å². The van der Waals surface area contributed by atoms with E-state index in [1.807, 2.05) is 17.0 Å². The van der Waals surface area contributed by atoms with E-state index in [-0.39, 0.29) is 12.7 Å². The lowest BCUT2D eigenvalue weighted by Gasteiger charge is -2.34. The summed E-state index contributed by atoms with van der Waals surface area (Å²) in [6.07, 6.45) is 0. The summed E-state index contributed by atoms with van der Waals surface area (Å²) >= 11 is 0. The molecule has 0 spiro atoms. The summed E-state index contributed by atoms with van der Waals surface area (Å²) in [5, 5.41) is 0. The van der Waals surface area contributed by atoms with Crippen LogP contribution in [0.5, 0.6) is 11.5 Å². The quantitative estimate of drug-likeness (QED) is 0.863. The molecule has 2 aliphatic heterocycles. The van der Waals surface area contributed by atoms with Crippen molar-refractivity contribution < 1.29 is 14.3 Å². The minimum atomic E-state index is 0.0634. The topological polar surface area (TPSA) is 42.0 Å². The average molecular weight is 338 g/mol. The van der Waals surface area contributed by atoms with E-state index in [9.17, 15) is 4.79 Å². The lowest BCUT2D eigenvalue weighted by molar-refractivity contribution is 0.0628. The van der Waals surface area contributed by atoms with Gasteiger partial charge in [0.1, 0.15) is 0 Å². The van der Waals surface area contributed by atoms with Crippen LogP contribution in [0.3, 0.4) is 0 Å². The van der Waals surface area contributed by atoms with Gasteiger partial charge in [-0.1, -0.05) is 29.8 Å². The van der Waals surface area contributed by atoms with E-state index in [1.54, 1.807) is 6.07 Å². The molecule has 0 radical (unpaired) electrons. The summed E-state index contributed by atoms with van der Waals surface area (Å²) in [4.78, 5) is 17.0. The molecule has 0 N–H and O–H groups in total. The van der Waals surface area contributed by atoms with Crippen molar-refractivity contribution in [1.29, 1.82) is 0 Å². The van der Waals surface area contributed by atoms with Gasteiger partial charge >= 0.3 is 0 Å². The van der Waals surface area contributed by atoms with Gasteiger partial charge in [-0.05, 0) is 30.7 Å². The van der Waals surface area contributed by atoms with Crippen LogP contribution in [0.25, 0.3) is 0 Å². The number of benzene rings is 2. The van der Waals surface area contributed by atoms with E-state index in [0.717, 1.165) is 32.7 Å². The molecule has 130 valence electrons. The van der Waals surface area contributed by atoms with Crippen LogP contribution in [0, 0.1) is 6.92 Å². The van der Waals surface area contributed by atoms with Crippen molar-refractivity contribution in [3.05, 3.63) is 59.2 Å². The van der Waals surface area contributed by atoms with Crippen LogP contribution in [0.15, 0.2) is 42.5 Å². The molecule has 0 aromatic heterocycles. The molecule has 0 unspecified atom stereocenters. The van der Waals surface area contributed by atoms with Gasteiger partial charge in [-0.15, -0.1) is 0 Å². The molecule has 1 saturated heterocycles. The van der Waals surface area contributed by atoms with E-state index in [4.69, 9.17) is 9.47 Å². The van der Waals surface area contributed by atoms with E-state index in [1.165, 1.54) is 11.1 Å². The average Bonchev–Trinajstić information content (AvgIpc) is 3.09. The summed E-state index contributed by atoms with van der Waals surface area (Å²) in [5.41, 5.74) is 3.28. The largest absolute Gasteiger partial charge is 0.454 e. The SMILES string of the molecule is Cc1cccc(CN2CCN(C(=O)c3ccc4c(c3)OCO4)CC2)c1. The second-order valence-corrected chi connectivity index (χ2v) is 6.63. The van der Waals surface area contributed by atoms with Crippen LogP contribution < -0.4 is 9.47 Å². The molecule has 5 nitrogen and oxygen atoms in total. The number of nitrogens with zero attached hydrogens (tertiary/aromatic N) is 2. The summed E-state index contributed by atoms with van der Waals surface area (Å²) < 4.78 is 10.7. The summed E-state index contributed by atoms with van der Waals surface area (Å²) in [6.45, 7) is 6.57. The Hall–Kier alpha value is -2.53. The van der Waals surface area contributed by atoms with Gasteiger partial charge in [0.25, 0.3) is 5.91 Å². The minimum absolute atomic E-state index is 0.0634. The predicted molar refractivity (Wildman–Crippen MR) is 94.9 cm³/mol. The van der Waals surface area contributed by atoms with Crippen molar-refractivity contribution in [1.82, 2.24) is 9.80 Å². The molecule has 25 heavy (non-hydrogen) atoms. The van der Waals surface area contributed by atoms with Crippen LogP contribution in [0.4, 0.5) is 0 Å². The Morgan fingerprint density at radius 2 is 1.80 bits per heavy atom. The summed E-state index contributed by atoms with van der Waals surface area (Å²) in [5.74, 6) is 1.43. The van der Waals surface area contributed by atoms with Crippen LogP contribution >= 0.6 is 0 Å². The van der Waals surface area contributed by atoms with Crippen LogP contribution in [0.2, 0.25) is 0 Å². The number of ether oxygens (including phenoxy) is 2. The molecular weight excluding hydrogens is 316 g/mol. The van der Waals surface area contributed by atoms with Gasteiger partial charge in [0.05, 0.1) is 0 Å². The third-order valence-electron chi connectivity index (χ3n) is 4.77. The lowest BCUT2D eigenvalue weighted by atomic mass is 10.1. The number of piperazine rings is 1. The molecule has 4 rings (SSSR count). The highest BCUT2D eigenvalue weighted by molar-refractivity contribution is 5.95. The molecular formula is C20H22N2O3. The Labute approximate surface area is 147 Å². The fourth-order valence-corrected chi connectivity index (χ4v) is 3.39. The first kappa shape index (κ1) is 16.0. The van der Waals surface area contributed by atoms with E-state index in [2.05, 4.69) is 36.1 Å². The number of hydrogen-bond acceptors (Lipinski definition) is 4. The third-order valence-corrected chi connectivity index (χ3v) is 4.77. The number of carbonyl (C=O) groups is 1.